The maximum Gasteiger partial charge on any atom is 0.224 e. The van der Waals surface area contributed by atoms with Crippen molar-refractivity contribution >= 4 is 16.8 Å². The second kappa shape index (κ2) is 7.80. The summed E-state index contributed by atoms with van der Waals surface area (Å²) in [5, 5.41) is 4.07. The average molecular weight is 299 g/mol. The first-order valence-corrected chi connectivity index (χ1v) is 7.78. The van der Waals surface area contributed by atoms with Crippen LogP contribution < -0.4 is 11.1 Å². The highest BCUT2D eigenvalue weighted by Crippen LogP contribution is 2.22. The molecular formula is C18H25N3O. The van der Waals surface area contributed by atoms with Gasteiger partial charge in [0.05, 0.1) is 6.42 Å². The molecule has 0 aliphatic heterocycles. The SMILES string of the molecule is CC(C)=CCn1cc(CC(=O)NCCCN)c2ccccc21. The molecule has 1 heterocycles. The minimum atomic E-state index is 0.0542. The zero-order chi connectivity index (χ0) is 15.9. The van der Waals surface area contributed by atoms with Crippen LogP contribution in [0.4, 0.5) is 0 Å². The molecule has 0 spiro atoms. The number of carbonyl (C=O) groups excluding carboxylic acids is 1. The van der Waals surface area contributed by atoms with Gasteiger partial charge in [0, 0.05) is 30.2 Å². The molecular weight excluding hydrogens is 274 g/mol. The summed E-state index contributed by atoms with van der Waals surface area (Å²) in [6.07, 6.45) is 5.51. The predicted molar refractivity (Wildman–Crippen MR) is 91.8 cm³/mol. The number of hydrogen-bond donors (Lipinski definition) is 2. The lowest BCUT2D eigenvalue weighted by Gasteiger charge is -2.03. The standard InChI is InChI=1S/C18H25N3O/c1-14(2)8-11-21-13-15(12-18(22)20-10-5-9-19)16-6-3-4-7-17(16)21/h3-4,6-8,13H,5,9-12,19H2,1-2H3,(H,20,22). The topological polar surface area (TPSA) is 60.0 Å². The fourth-order valence-electron chi connectivity index (χ4n) is 2.46. The molecule has 22 heavy (non-hydrogen) atoms. The van der Waals surface area contributed by atoms with E-state index >= 15 is 0 Å². The monoisotopic (exact) mass is 299 g/mol. The van der Waals surface area contributed by atoms with Crippen molar-refractivity contribution in [2.45, 2.75) is 33.2 Å². The van der Waals surface area contributed by atoms with Crippen LogP contribution >= 0.6 is 0 Å². The molecule has 1 aromatic heterocycles. The van der Waals surface area contributed by atoms with Gasteiger partial charge in [-0.3, -0.25) is 4.79 Å². The number of nitrogens with two attached hydrogens (primary N) is 1. The van der Waals surface area contributed by atoms with Crippen LogP contribution in [0.25, 0.3) is 10.9 Å². The molecule has 2 rings (SSSR count). The summed E-state index contributed by atoms with van der Waals surface area (Å²) < 4.78 is 2.20. The van der Waals surface area contributed by atoms with E-state index in [9.17, 15) is 4.79 Å². The minimum absolute atomic E-state index is 0.0542. The molecule has 0 saturated carbocycles. The molecule has 3 N–H and O–H groups in total. The smallest absolute Gasteiger partial charge is 0.224 e. The van der Waals surface area contributed by atoms with Crippen molar-refractivity contribution in [1.82, 2.24) is 9.88 Å². The first-order chi connectivity index (χ1) is 10.6. The summed E-state index contributed by atoms with van der Waals surface area (Å²) in [4.78, 5) is 12.0. The van der Waals surface area contributed by atoms with E-state index in [2.05, 4.69) is 48.1 Å². The number of para-hydroxylation sites is 1. The van der Waals surface area contributed by atoms with Gasteiger partial charge in [-0.05, 0) is 38.4 Å². The van der Waals surface area contributed by atoms with Crippen molar-refractivity contribution in [2.24, 2.45) is 5.73 Å². The average Bonchev–Trinajstić information content (AvgIpc) is 2.84. The number of allylic oxidation sites excluding steroid dienone is 2. The van der Waals surface area contributed by atoms with Crippen LogP contribution in [-0.2, 0) is 17.8 Å². The molecule has 0 unspecified atom stereocenters. The van der Waals surface area contributed by atoms with Crippen molar-refractivity contribution in [3.63, 3.8) is 0 Å². The number of fused-ring (bicyclic) bond motifs is 1. The van der Waals surface area contributed by atoms with Crippen molar-refractivity contribution in [3.05, 3.63) is 47.7 Å². The Hall–Kier alpha value is -2.07. The molecule has 4 heteroatoms. The van der Waals surface area contributed by atoms with Gasteiger partial charge in [-0.25, -0.2) is 0 Å². The molecule has 0 aliphatic rings. The van der Waals surface area contributed by atoms with Crippen LogP contribution in [0.1, 0.15) is 25.8 Å². The third-order valence-electron chi connectivity index (χ3n) is 3.62. The van der Waals surface area contributed by atoms with Gasteiger partial charge < -0.3 is 15.6 Å². The fraction of sp³-hybridized carbons (Fsp3) is 0.389. The Kier molecular flexibility index (Phi) is 5.78. The summed E-state index contributed by atoms with van der Waals surface area (Å²) in [5.74, 6) is 0.0542. The van der Waals surface area contributed by atoms with Gasteiger partial charge in [0.25, 0.3) is 0 Å². The van der Waals surface area contributed by atoms with Crippen LogP contribution in [0.5, 0.6) is 0 Å². The number of benzene rings is 1. The Morgan fingerprint density at radius 2 is 2.09 bits per heavy atom. The molecule has 0 atom stereocenters. The number of hydrogen-bond acceptors (Lipinski definition) is 2. The lowest BCUT2D eigenvalue weighted by atomic mass is 10.1. The zero-order valence-corrected chi connectivity index (χ0v) is 13.4. The second-order valence-corrected chi connectivity index (χ2v) is 5.77. The second-order valence-electron chi connectivity index (χ2n) is 5.77. The van der Waals surface area contributed by atoms with Gasteiger partial charge in [0.2, 0.25) is 5.91 Å². The van der Waals surface area contributed by atoms with E-state index in [0.717, 1.165) is 23.9 Å². The lowest BCUT2D eigenvalue weighted by Crippen LogP contribution is -2.27. The third kappa shape index (κ3) is 4.21. The number of nitrogens with zero attached hydrogens (tertiary/aromatic N) is 1. The van der Waals surface area contributed by atoms with Crippen LogP contribution in [0.3, 0.4) is 0 Å². The number of nitrogens with one attached hydrogen (secondary N) is 1. The summed E-state index contributed by atoms with van der Waals surface area (Å²) >= 11 is 0. The quantitative estimate of drug-likeness (QED) is 0.610. The molecule has 2 aromatic rings. The summed E-state index contributed by atoms with van der Waals surface area (Å²) in [7, 11) is 0. The maximum atomic E-state index is 12.0. The van der Waals surface area contributed by atoms with Gasteiger partial charge in [-0.1, -0.05) is 29.8 Å². The highest BCUT2D eigenvalue weighted by atomic mass is 16.1. The first-order valence-electron chi connectivity index (χ1n) is 7.78. The van der Waals surface area contributed by atoms with E-state index < -0.39 is 0 Å². The molecule has 0 fully saturated rings. The maximum absolute atomic E-state index is 12.0. The summed E-state index contributed by atoms with van der Waals surface area (Å²) in [6.45, 7) is 6.26. The molecule has 1 aromatic carbocycles. The van der Waals surface area contributed by atoms with Crippen molar-refractivity contribution in [2.75, 3.05) is 13.1 Å². The van der Waals surface area contributed by atoms with Crippen LogP contribution in [-0.4, -0.2) is 23.6 Å². The van der Waals surface area contributed by atoms with Gasteiger partial charge in [0.15, 0.2) is 0 Å². The van der Waals surface area contributed by atoms with Gasteiger partial charge >= 0.3 is 0 Å². The fourth-order valence-corrected chi connectivity index (χ4v) is 2.46. The van der Waals surface area contributed by atoms with Gasteiger partial charge in [-0.2, -0.15) is 0 Å². The Balaban J connectivity index is 2.19. The number of carbonyl (C=O) groups is 1. The Morgan fingerprint density at radius 3 is 2.82 bits per heavy atom. The van der Waals surface area contributed by atoms with Crippen molar-refractivity contribution in [3.8, 4) is 0 Å². The molecule has 118 valence electrons. The first kappa shape index (κ1) is 16.3. The lowest BCUT2D eigenvalue weighted by molar-refractivity contribution is -0.120. The van der Waals surface area contributed by atoms with Crippen molar-refractivity contribution < 1.29 is 4.79 Å². The highest BCUT2D eigenvalue weighted by molar-refractivity contribution is 5.89. The minimum Gasteiger partial charge on any atom is -0.356 e. The van der Waals surface area contributed by atoms with Gasteiger partial charge in [-0.15, -0.1) is 0 Å². The summed E-state index contributed by atoms with van der Waals surface area (Å²) in [6, 6.07) is 8.23. The number of aromatic nitrogens is 1. The largest absolute Gasteiger partial charge is 0.356 e. The Labute approximate surface area is 132 Å². The van der Waals surface area contributed by atoms with Crippen molar-refractivity contribution in [1.29, 1.82) is 0 Å². The Bertz CT molecular complexity index is 666. The molecule has 0 saturated heterocycles. The molecule has 0 bridgehead atoms. The predicted octanol–water partition coefficient (Wildman–Crippen LogP) is 2.62. The highest BCUT2D eigenvalue weighted by Gasteiger charge is 2.11. The van der Waals surface area contributed by atoms with Crippen LogP contribution in [0.2, 0.25) is 0 Å². The van der Waals surface area contributed by atoms with Crippen LogP contribution in [0.15, 0.2) is 42.1 Å². The van der Waals surface area contributed by atoms with E-state index in [-0.39, 0.29) is 5.91 Å². The molecule has 0 aliphatic carbocycles. The zero-order valence-electron chi connectivity index (χ0n) is 13.4. The van der Waals surface area contributed by atoms with E-state index in [1.165, 1.54) is 11.1 Å². The van der Waals surface area contributed by atoms with E-state index in [1.807, 2.05) is 12.1 Å². The van der Waals surface area contributed by atoms with E-state index in [4.69, 9.17) is 5.73 Å². The van der Waals surface area contributed by atoms with E-state index in [0.29, 0.717) is 19.5 Å². The normalized spacial score (nSPS) is 10.7. The molecule has 1 amide bonds. The number of rotatable bonds is 7. The molecule has 4 nitrogen and oxygen atoms in total. The van der Waals surface area contributed by atoms with Crippen LogP contribution in [0, 0.1) is 0 Å². The Morgan fingerprint density at radius 1 is 1.32 bits per heavy atom. The van der Waals surface area contributed by atoms with E-state index in [1.54, 1.807) is 0 Å². The van der Waals surface area contributed by atoms with Gasteiger partial charge in [0.1, 0.15) is 0 Å². The summed E-state index contributed by atoms with van der Waals surface area (Å²) in [5.41, 5.74) is 8.98. The molecule has 0 radical (unpaired) electrons. The third-order valence-corrected chi connectivity index (χ3v) is 3.62. The number of amides is 1.